The van der Waals surface area contributed by atoms with Crippen LogP contribution in [0, 0.1) is 0 Å². The third kappa shape index (κ3) is 2.82. The molecule has 1 aliphatic carbocycles. The number of carboxylic acid groups (broad SMARTS) is 1. The fourth-order valence-corrected chi connectivity index (χ4v) is 3.74. The first-order valence-electron chi connectivity index (χ1n) is 9.12. The summed E-state index contributed by atoms with van der Waals surface area (Å²) in [6.45, 7) is 6.64. The van der Waals surface area contributed by atoms with Crippen molar-refractivity contribution in [3.05, 3.63) is 34.1 Å². The van der Waals surface area contributed by atoms with Crippen molar-refractivity contribution in [3.63, 3.8) is 0 Å². The van der Waals surface area contributed by atoms with Gasteiger partial charge in [-0.25, -0.2) is 4.79 Å². The maximum Gasteiger partial charge on any atom is 0.341 e. The van der Waals surface area contributed by atoms with Crippen LogP contribution in [0.5, 0.6) is 5.75 Å². The van der Waals surface area contributed by atoms with E-state index in [1.54, 1.807) is 0 Å². The molecule has 0 atom stereocenters. The van der Waals surface area contributed by atoms with Crippen molar-refractivity contribution >= 4 is 22.6 Å². The molecule has 2 N–H and O–H groups in total. The molecule has 1 aromatic heterocycles. The number of hydrogen-bond acceptors (Lipinski definition) is 5. The number of anilines is 1. The highest BCUT2D eigenvalue weighted by Gasteiger charge is 2.28. The largest absolute Gasteiger partial charge is 0.506 e. The molecular weight excluding hydrogens is 334 g/mol. The molecule has 2 aromatic rings. The maximum atomic E-state index is 12.6. The molecule has 26 heavy (non-hydrogen) atoms. The SMILES string of the molecule is CCN1CCN(c2cc3c(cc2O)c(=O)c(C(=O)O)cn3C2CC2)CC1. The molecule has 0 bridgehead atoms. The second-order valence-electron chi connectivity index (χ2n) is 7.09. The first-order valence-corrected chi connectivity index (χ1v) is 9.12. The van der Waals surface area contributed by atoms with E-state index >= 15 is 0 Å². The Morgan fingerprint density at radius 3 is 2.46 bits per heavy atom. The lowest BCUT2D eigenvalue weighted by Crippen LogP contribution is -2.46. The highest BCUT2D eigenvalue weighted by atomic mass is 16.4. The molecule has 138 valence electrons. The van der Waals surface area contributed by atoms with Crippen molar-refractivity contribution < 1.29 is 15.0 Å². The second-order valence-corrected chi connectivity index (χ2v) is 7.09. The second kappa shape index (κ2) is 6.32. The predicted molar refractivity (Wildman–Crippen MR) is 99.4 cm³/mol. The number of benzene rings is 1. The zero-order valence-electron chi connectivity index (χ0n) is 14.8. The number of aromatic carboxylic acids is 1. The van der Waals surface area contributed by atoms with E-state index in [4.69, 9.17) is 0 Å². The van der Waals surface area contributed by atoms with Crippen LogP contribution in [0.15, 0.2) is 23.1 Å². The van der Waals surface area contributed by atoms with Crippen molar-refractivity contribution in [2.45, 2.75) is 25.8 Å². The first kappa shape index (κ1) is 16.9. The van der Waals surface area contributed by atoms with Gasteiger partial charge in [-0.3, -0.25) is 4.79 Å². The summed E-state index contributed by atoms with van der Waals surface area (Å²) < 4.78 is 1.89. The van der Waals surface area contributed by atoms with Gasteiger partial charge < -0.3 is 24.6 Å². The first-order chi connectivity index (χ1) is 12.5. The Hall–Kier alpha value is -2.54. The zero-order valence-corrected chi connectivity index (χ0v) is 14.8. The lowest BCUT2D eigenvalue weighted by molar-refractivity contribution is 0.0695. The van der Waals surface area contributed by atoms with Gasteiger partial charge >= 0.3 is 5.97 Å². The van der Waals surface area contributed by atoms with Gasteiger partial charge in [-0.1, -0.05) is 6.92 Å². The highest BCUT2D eigenvalue weighted by Crippen LogP contribution is 2.39. The van der Waals surface area contributed by atoms with Crippen LogP contribution < -0.4 is 10.3 Å². The third-order valence-corrected chi connectivity index (χ3v) is 5.46. The number of likely N-dealkylation sites (N-methyl/N-ethyl adjacent to an activating group) is 1. The van der Waals surface area contributed by atoms with Crippen LogP contribution in [-0.4, -0.2) is 58.4 Å². The summed E-state index contributed by atoms with van der Waals surface area (Å²) in [7, 11) is 0. The van der Waals surface area contributed by atoms with Gasteiger partial charge in [0.2, 0.25) is 5.43 Å². The normalized spacial score (nSPS) is 18.4. The van der Waals surface area contributed by atoms with Gasteiger partial charge in [-0.05, 0) is 31.5 Å². The summed E-state index contributed by atoms with van der Waals surface area (Å²) in [6.07, 6.45) is 3.41. The molecule has 2 aliphatic rings. The fraction of sp³-hybridized carbons (Fsp3) is 0.474. The minimum Gasteiger partial charge on any atom is -0.506 e. The number of nitrogens with zero attached hydrogens (tertiary/aromatic N) is 3. The molecule has 2 heterocycles. The van der Waals surface area contributed by atoms with E-state index < -0.39 is 11.4 Å². The molecule has 1 saturated carbocycles. The number of carbonyl (C=O) groups is 1. The van der Waals surface area contributed by atoms with E-state index in [0.717, 1.165) is 45.6 Å². The number of hydrogen-bond donors (Lipinski definition) is 2. The number of phenolic OH excluding ortho intramolecular Hbond substituents is 1. The van der Waals surface area contributed by atoms with Crippen LogP contribution in [0.25, 0.3) is 10.9 Å². The van der Waals surface area contributed by atoms with Crippen LogP contribution in [0.1, 0.15) is 36.2 Å². The van der Waals surface area contributed by atoms with Crippen molar-refractivity contribution in [1.29, 1.82) is 0 Å². The molecule has 4 rings (SSSR count). The minimum absolute atomic E-state index is 0.0319. The molecule has 1 aromatic carbocycles. The van der Waals surface area contributed by atoms with Crippen molar-refractivity contribution in [2.75, 3.05) is 37.6 Å². The quantitative estimate of drug-likeness (QED) is 0.869. The molecule has 7 heteroatoms. The van der Waals surface area contributed by atoms with E-state index in [1.807, 2.05) is 10.6 Å². The Bertz CT molecular complexity index is 925. The zero-order chi connectivity index (χ0) is 18.4. The average molecular weight is 357 g/mol. The molecule has 0 unspecified atom stereocenters. The number of phenols is 1. The van der Waals surface area contributed by atoms with E-state index in [9.17, 15) is 19.8 Å². The summed E-state index contributed by atoms with van der Waals surface area (Å²) in [4.78, 5) is 28.5. The van der Waals surface area contributed by atoms with Gasteiger partial charge in [0.25, 0.3) is 0 Å². The lowest BCUT2D eigenvalue weighted by atomic mass is 10.1. The Kier molecular flexibility index (Phi) is 4.11. The van der Waals surface area contributed by atoms with E-state index in [-0.39, 0.29) is 22.7 Å². The monoisotopic (exact) mass is 357 g/mol. The van der Waals surface area contributed by atoms with Crippen molar-refractivity contribution in [2.24, 2.45) is 0 Å². The fourth-order valence-electron chi connectivity index (χ4n) is 3.74. The standard InChI is InChI=1S/C19H23N3O4/c1-2-20-5-7-21(8-6-20)16-10-15-13(9-17(16)23)18(24)14(19(25)26)11-22(15)12-3-4-12/h9-12,23H,2-8H2,1H3,(H,25,26). The smallest absolute Gasteiger partial charge is 0.341 e. The third-order valence-electron chi connectivity index (χ3n) is 5.46. The van der Waals surface area contributed by atoms with Crippen molar-refractivity contribution in [1.82, 2.24) is 9.47 Å². The average Bonchev–Trinajstić information content (AvgIpc) is 3.47. The Labute approximate surface area is 151 Å². The minimum atomic E-state index is -1.23. The van der Waals surface area contributed by atoms with Gasteiger partial charge in [0, 0.05) is 38.4 Å². The number of aromatic nitrogens is 1. The van der Waals surface area contributed by atoms with Crippen LogP contribution >= 0.6 is 0 Å². The van der Waals surface area contributed by atoms with Crippen LogP contribution in [0.3, 0.4) is 0 Å². The summed E-state index contributed by atoms with van der Waals surface area (Å²) in [5.41, 5.74) is 0.633. The molecule has 2 fully saturated rings. The highest BCUT2D eigenvalue weighted by molar-refractivity contribution is 5.94. The predicted octanol–water partition coefficient (Wildman–Crippen LogP) is 1.88. The lowest BCUT2D eigenvalue weighted by Gasteiger charge is -2.36. The molecule has 1 saturated heterocycles. The molecule has 7 nitrogen and oxygen atoms in total. The van der Waals surface area contributed by atoms with Gasteiger partial charge in [-0.15, -0.1) is 0 Å². The summed E-state index contributed by atoms with van der Waals surface area (Å²) in [6, 6.07) is 3.51. The number of fused-ring (bicyclic) bond motifs is 1. The van der Waals surface area contributed by atoms with E-state index in [2.05, 4.69) is 16.7 Å². The number of rotatable bonds is 4. The van der Waals surface area contributed by atoms with Crippen molar-refractivity contribution in [3.8, 4) is 5.75 Å². The van der Waals surface area contributed by atoms with Gasteiger partial charge in [0.1, 0.15) is 11.3 Å². The number of pyridine rings is 1. The Morgan fingerprint density at radius 2 is 1.88 bits per heavy atom. The van der Waals surface area contributed by atoms with Gasteiger partial charge in [0.15, 0.2) is 0 Å². The van der Waals surface area contributed by atoms with E-state index in [1.165, 1.54) is 12.3 Å². The van der Waals surface area contributed by atoms with Crippen LogP contribution in [0.2, 0.25) is 0 Å². The Balaban J connectivity index is 1.83. The van der Waals surface area contributed by atoms with Crippen LogP contribution in [-0.2, 0) is 0 Å². The molecule has 0 amide bonds. The molecular formula is C19H23N3O4. The Morgan fingerprint density at radius 1 is 1.19 bits per heavy atom. The number of piperazine rings is 1. The molecule has 0 spiro atoms. The molecule has 1 aliphatic heterocycles. The summed E-state index contributed by atoms with van der Waals surface area (Å²) in [5.74, 6) is -1.20. The van der Waals surface area contributed by atoms with Gasteiger partial charge in [-0.2, -0.15) is 0 Å². The van der Waals surface area contributed by atoms with E-state index in [0.29, 0.717) is 11.2 Å². The topological polar surface area (TPSA) is 86.0 Å². The number of aromatic hydroxyl groups is 1. The summed E-state index contributed by atoms with van der Waals surface area (Å²) >= 11 is 0. The summed E-state index contributed by atoms with van der Waals surface area (Å²) in [5, 5.41) is 20.1. The van der Waals surface area contributed by atoms with Crippen LogP contribution in [0.4, 0.5) is 5.69 Å². The number of carboxylic acids is 1. The maximum absolute atomic E-state index is 12.6. The van der Waals surface area contributed by atoms with Gasteiger partial charge in [0.05, 0.1) is 16.6 Å². The molecule has 0 radical (unpaired) electrons.